The molecular formula is C15H30ClN3O. The van der Waals surface area contributed by atoms with Crippen molar-refractivity contribution >= 4 is 18.3 Å². The van der Waals surface area contributed by atoms with Crippen molar-refractivity contribution in [1.29, 1.82) is 0 Å². The summed E-state index contributed by atoms with van der Waals surface area (Å²) in [5, 5.41) is 0. The van der Waals surface area contributed by atoms with E-state index in [9.17, 15) is 4.79 Å². The van der Waals surface area contributed by atoms with E-state index in [1.165, 1.54) is 32.1 Å². The van der Waals surface area contributed by atoms with Gasteiger partial charge in [-0.25, -0.2) is 0 Å². The van der Waals surface area contributed by atoms with Gasteiger partial charge in [0.15, 0.2) is 0 Å². The molecule has 20 heavy (non-hydrogen) atoms. The summed E-state index contributed by atoms with van der Waals surface area (Å²) in [6.45, 7) is 6.36. The Hall–Kier alpha value is -0.320. The fourth-order valence-electron chi connectivity index (χ4n) is 3.56. The predicted octanol–water partition coefficient (Wildman–Crippen LogP) is 1.87. The number of nitrogens with two attached hydrogens (primary N) is 1. The van der Waals surface area contributed by atoms with Crippen LogP contribution in [0.15, 0.2) is 0 Å². The van der Waals surface area contributed by atoms with Gasteiger partial charge in [-0.1, -0.05) is 19.3 Å². The molecule has 2 aliphatic rings. The summed E-state index contributed by atoms with van der Waals surface area (Å²) >= 11 is 0. The number of carbonyl (C=O) groups excluding carboxylic acids is 1. The maximum atomic E-state index is 12.5. The van der Waals surface area contributed by atoms with E-state index in [1.54, 1.807) is 0 Å². The number of hydrogen-bond donors (Lipinski definition) is 1. The third-order valence-corrected chi connectivity index (χ3v) is 4.74. The quantitative estimate of drug-likeness (QED) is 0.843. The summed E-state index contributed by atoms with van der Waals surface area (Å²) in [4.78, 5) is 16.9. The van der Waals surface area contributed by atoms with Crippen molar-refractivity contribution < 1.29 is 4.79 Å². The lowest BCUT2D eigenvalue weighted by Gasteiger charge is -2.34. The van der Waals surface area contributed by atoms with Crippen molar-refractivity contribution in [3.05, 3.63) is 0 Å². The molecule has 2 rings (SSSR count). The average Bonchev–Trinajstić information content (AvgIpc) is 2.88. The zero-order valence-corrected chi connectivity index (χ0v) is 13.5. The Balaban J connectivity index is 0.00000200. The fraction of sp³-hybridized carbons (Fsp3) is 0.933. The first kappa shape index (κ1) is 17.7. The maximum Gasteiger partial charge on any atom is 0.236 e. The highest BCUT2D eigenvalue weighted by atomic mass is 35.5. The Labute approximate surface area is 129 Å². The summed E-state index contributed by atoms with van der Waals surface area (Å²) in [6, 6.07) is 0.499. The minimum atomic E-state index is 0. The topological polar surface area (TPSA) is 49.6 Å². The number of amides is 1. The van der Waals surface area contributed by atoms with E-state index in [0.29, 0.717) is 24.4 Å². The molecule has 0 aromatic carbocycles. The molecule has 1 aliphatic carbocycles. The molecule has 1 saturated heterocycles. The first-order valence-electron chi connectivity index (χ1n) is 7.96. The molecule has 0 bridgehead atoms. The molecule has 0 spiro atoms. The third-order valence-electron chi connectivity index (χ3n) is 4.74. The zero-order valence-electron chi connectivity index (χ0n) is 12.7. The highest BCUT2D eigenvalue weighted by molar-refractivity contribution is 5.85. The van der Waals surface area contributed by atoms with Gasteiger partial charge in [-0.15, -0.1) is 12.4 Å². The smallest absolute Gasteiger partial charge is 0.236 e. The normalized spacial score (nSPS) is 24.4. The van der Waals surface area contributed by atoms with Crippen LogP contribution in [0.4, 0.5) is 0 Å². The van der Waals surface area contributed by atoms with E-state index in [-0.39, 0.29) is 12.4 Å². The first-order valence-corrected chi connectivity index (χ1v) is 7.96. The van der Waals surface area contributed by atoms with Gasteiger partial charge in [-0.05, 0) is 45.2 Å². The van der Waals surface area contributed by atoms with Gasteiger partial charge in [0.2, 0.25) is 5.91 Å². The molecule has 2 fully saturated rings. The van der Waals surface area contributed by atoms with Crippen molar-refractivity contribution in [2.24, 2.45) is 11.7 Å². The van der Waals surface area contributed by atoms with Crippen molar-refractivity contribution in [1.82, 2.24) is 9.80 Å². The van der Waals surface area contributed by atoms with E-state index in [1.807, 2.05) is 0 Å². The Kier molecular flexibility index (Phi) is 7.85. The molecule has 0 aromatic heterocycles. The van der Waals surface area contributed by atoms with Crippen LogP contribution in [-0.4, -0.2) is 54.5 Å². The Morgan fingerprint density at radius 2 is 1.95 bits per heavy atom. The minimum absolute atomic E-state index is 0. The number of nitrogens with zero attached hydrogens (tertiary/aromatic N) is 2. The maximum absolute atomic E-state index is 12.5. The standard InChI is InChI=1S/C15H29N3O.ClH/c1-2-18(14-6-4-3-5-7-14)15(19)12-17-9-8-13(10-16)11-17;/h13-14H,2-12,16H2,1H3;1H. The van der Waals surface area contributed by atoms with Gasteiger partial charge in [0.25, 0.3) is 0 Å². The second-order valence-electron chi connectivity index (χ2n) is 6.10. The van der Waals surface area contributed by atoms with Gasteiger partial charge >= 0.3 is 0 Å². The minimum Gasteiger partial charge on any atom is -0.339 e. The van der Waals surface area contributed by atoms with E-state index in [2.05, 4.69) is 16.7 Å². The second-order valence-corrected chi connectivity index (χ2v) is 6.10. The molecule has 1 heterocycles. The van der Waals surface area contributed by atoms with Crippen LogP contribution in [0.25, 0.3) is 0 Å². The van der Waals surface area contributed by atoms with Gasteiger partial charge < -0.3 is 10.6 Å². The molecule has 5 heteroatoms. The second kappa shape index (κ2) is 8.85. The molecule has 1 aliphatic heterocycles. The van der Waals surface area contributed by atoms with Crippen LogP contribution in [0, 0.1) is 5.92 Å². The van der Waals surface area contributed by atoms with E-state index < -0.39 is 0 Å². The molecule has 4 nitrogen and oxygen atoms in total. The monoisotopic (exact) mass is 303 g/mol. The van der Waals surface area contributed by atoms with Crippen LogP contribution >= 0.6 is 12.4 Å². The van der Waals surface area contributed by atoms with Gasteiger partial charge in [0, 0.05) is 19.1 Å². The molecule has 1 atom stereocenters. The molecule has 118 valence electrons. The van der Waals surface area contributed by atoms with Crippen LogP contribution in [0.2, 0.25) is 0 Å². The summed E-state index contributed by atoms with van der Waals surface area (Å²) in [7, 11) is 0. The van der Waals surface area contributed by atoms with Gasteiger partial charge in [-0.3, -0.25) is 9.69 Å². The number of halogens is 1. The number of likely N-dealkylation sites (N-methyl/N-ethyl adjacent to an activating group) is 1. The fourth-order valence-corrected chi connectivity index (χ4v) is 3.56. The lowest BCUT2D eigenvalue weighted by Crippen LogP contribution is -2.46. The molecule has 1 unspecified atom stereocenters. The Morgan fingerprint density at radius 1 is 1.25 bits per heavy atom. The number of rotatable bonds is 5. The van der Waals surface area contributed by atoms with Crippen LogP contribution in [0.5, 0.6) is 0 Å². The average molecular weight is 304 g/mol. The summed E-state index contributed by atoms with van der Waals surface area (Å²) < 4.78 is 0. The SMILES string of the molecule is CCN(C(=O)CN1CCC(CN)C1)C1CCCCC1.Cl. The highest BCUT2D eigenvalue weighted by Crippen LogP contribution is 2.23. The lowest BCUT2D eigenvalue weighted by molar-refractivity contribution is -0.135. The molecule has 1 saturated carbocycles. The Morgan fingerprint density at radius 3 is 2.50 bits per heavy atom. The molecule has 0 radical (unpaired) electrons. The number of hydrogen-bond acceptors (Lipinski definition) is 3. The third kappa shape index (κ3) is 4.61. The summed E-state index contributed by atoms with van der Waals surface area (Å²) in [5.74, 6) is 0.921. The van der Waals surface area contributed by atoms with Crippen LogP contribution in [-0.2, 0) is 4.79 Å². The molecule has 1 amide bonds. The van der Waals surface area contributed by atoms with Crippen molar-refractivity contribution in [3.63, 3.8) is 0 Å². The molecule has 2 N–H and O–H groups in total. The highest BCUT2D eigenvalue weighted by Gasteiger charge is 2.28. The van der Waals surface area contributed by atoms with Gasteiger partial charge in [-0.2, -0.15) is 0 Å². The van der Waals surface area contributed by atoms with E-state index >= 15 is 0 Å². The van der Waals surface area contributed by atoms with Crippen LogP contribution in [0.1, 0.15) is 45.4 Å². The molecular weight excluding hydrogens is 274 g/mol. The van der Waals surface area contributed by atoms with Gasteiger partial charge in [0.1, 0.15) is 0 Å². The number of likely N-dealkylation sites (tertiary alicyclic amines) is 1. The summed E-state index contributed by atoms with van der Waals surface area (Å²) in [5.41, 5.74) is 5.71. The summed E-state index contributed by atoms with van der Waals surface area (Å²) in [6.07, 6.45) is 7.46. The van der Waals surface area contributed by atoms with E-state index in [0.717, 1.165) is 32.6 Å². The van der Waals surface area contributed by atoms with Crippen molar-refractivity contribution in [2.75, 3.05) is 32.7 Å². The van der Waals surface area contributed by atoms with E-state index in [4.69, 9.17) is 5.73 Å². The lowest BCUT2D eigenvalue weighted by atomic mass is 9.94. The van der Waals surface area contributed by atoms with Gasteiger partial charge in [0.05, 0.1) is 6.54 Å². The van der Waals surface area contributed by atoms with Crippen LogP contribution < -0.4 is 5.73 Å². The van der Waals surface area contributed by atoms with Crippen molar-refractivity contribution in [2.45, 2.75) is 51.5 Å². The first-order chi connectivity index (χ1) is 9.24. The predicted molar refractivity (Wildman–Crippen MR) is 85.1 cm³/mol. The van der Waals surface area contributed by atoms with Crippen molar-refractivity contribution in [3.8, 4) is 0 Å². The Bertz CT molecular complexity index is 295. The molecule has 0 aromatic rings. The van der Waals surface area contributed by atoms with Crippen LogP contribution in [0.3, 0.4) is 0 Å². The zero-order chi connectivity index (χ0) is 13.7. The largest absolute Gasteiger partial charge is 0.339 e. The number of carbonyl (C=O) groups is 1.